The third-order valence-corrected chi connectivity index (χ3v) is 7.28. The highest BCUT2D eigenvalue weighted by molar-refractivity contribution is 5.92. The van der Waals surface area contributed by atoms with E-state index in [2.05, 4.69) is 10.2 Å². The van der Waals surface area contributed by atoms with Gasteiger partial charge in [-0.2, -0.15) is 0 Å². The van der Waals surface area contributed by atoms with Crippen LogP contribution in [0.2, 0.25) is 0 Å². The van der Waals surface area contributed by atoms with E-state index < -0.39 is 17.8 Å². The molecule has 0 bridgehead atoms. The maximum absolute atomic E-state index is 13.6. The molecule has 0 unspecified atom stereocenters. The quantitative estimate of drug-likeness (QED) is 0.715. The molecule has 1 aliphatic carbocycles. The van der Waals surface area contributed by atoms with Gasteiger partial charge in [0.25, 0.3) is 6.43 Å². The maximum Gasteiger partial charge on any atom is 0.264 e. The van der Waals surface area contributed by atoms with Gasteiger partial charge in [0, 0.05) is 36.8 Å². The van der Waals surface area contributed by atoms with E-state index in [1.165, 1.54) is 0 Å². The van der Waals surface area contributed by atoms with E-state index in [4.69, 9.17) is 4.74 Å². The first-order valence-corrected chi connectivity index (χ1v) is 11.6. The Bertz CT molecular complexity index is 892. The van der Waals surface area contributed by atoms with Crippen molar-refractivity contribution in [2.75, 3.05) is 44.7 Å². The Labute approximate surface area is 192 Å². The molecule has 3 aliphatic rings. The molecule has 1 saturated carbocycles. The van der Waals surface area contributed by atoms with Crippen molar-refractivity contribution >= 4 is 17.5 Å². The molecule has 0 aromatic heterocycles. The van der Waals surface area contributed by atoms with Crippen LogP contribution in [0.4, 0.5) is 18.9 Å². The number of nitrogens with one attached hydrogen (secondary N) is 1. The molecule has 1 aromatic rings. The van der Waals surface area contributed by atoms with Crippen LogP contribution in [0.25, 0.3) is 0 Å². The van der Waals surface area contributed by atoms with Crippen LogP contribution in [-0.2, 0) is 14.3 Å². The van der Waals surface area contributed by atoms with Gasteiger partial charge in [-0.25, -0.2) is 13.2 Å². The molecule has 33 heavy (non-hydrogen) atoms. The number of ether oxygens (including phenoxy) is 1. The fraction of sp³-hybridized carbons (Fsp3) is 0.667. The van der Waals surface area contributed by atoms with Crippen molar-refractivity contribution in [2.45, 2.75) is 51.5 Å². The number of hydrogen-bond acceptors (Lipinski definition) is 4. The molecule has 6 nitrogen and oxygen atoms in total. The minimum atomic E-state index is -2.80. The molecule has 1 N–H and O–H groups in total. The fourth-order valence-electron chi connectivity index (χ4n) is 5.47. The Kier molecular flexibility index (Phi) is 6.73. The molecule has 2 amide bonds. The van der Waals surface area contributed by atoms with Gasteiger partial charge in [-0.15, -0.1) is 0 Å². The van der Waals surface area contributed by atoms with Gasteiger partial charge in [-0.3, -0.25) is 14.5 Å². The number of amides is 2. The number of benzene rings is 1. The second-order valence-electron chi connectivity index (χ2n) is 10.4. The zero-order chi connectivity index (χ0) is 23.8. The Hall–Kier alpha value is -2.13. The van der Waals surface area contributed by atoms with Crippen LogP contribution in [0.5, 0.6) is 0 Å². The van der Waals surface area contributed by atoms with Crippen molar-refractivity contribution < 1.29 is 27.5 Å². The van der Waals surface area contributed by atoms with Gasteiger partial charge < -0.3 is 15.0 Å². The Morgan fingerprint density at radius 1 is 1.18 bits per heavy atom. The fourth-order valence-corrected chi connectivity index (χ4v) is 5.47. The summed E-state index contributed by atoms with van der Waals surface area (Å²) in [7, 11) is 0. The van der Waals surface area contributed by atoms with Crippen molar-refractivity contribution in [2.24, 2.45) is 11.3 Å². The van der Waals surface area contributed by atoms with Crippen LogP contribution in [0.15, 0.2) is 18.2 Å². The van der Waals surface area contributed by atoms with Gasteiger partial charge in [0.05, 0.1) is 25.3 Å². The van der Waals surface area contributed by atoms with Gasteiger partial charge in [-0.05, 0) is 63.1 Å². The lowest BCUT2D eigenvalue weighted by molar-refractivity contribution is -0.151. The van der Waals surface area contributed by atoms with Gasteiger partial charge in [-0.1, -0.05) is 0 Å². The largest absolute Gasteiger partial charge is 0.377 e. The minimum absolute atomic E-state index is 0.0648. The average Bonchev–Trinajstić information content (AvgIpc) is 2.72. The highest BCUT2D eigenvalue weighted by Crippen LogP contribution is 2.45. The van der Waals surface area contributed by atoms with E-state index >= 15 is 0 Å². The van der Waals surface area contributed by atoms with Crippen molar-refractivity contribution in [3.63, 3.8) is 0 Å². The number of nitrogens with zero attached hydrogens (tertiary/aromatic N) is 2. The summed E-state index contributed by atoms with van der Waals surface area (Å²) < 4.78 is 44.9. The van der Waals surface area contributed by atoms with E-state index in [1.54, 1.807) is 0 Å². The van der Waals surface area contributed by atoms with Crippen LogP contribution < -0.4 is 5.32 Å². The minimum Gasteiger partial charge on any atom is -0.377 e. The van der Waals surface area contributed by atoms with Crippen molar-refractivity contribution in [1.82, 2.24) is 9.80 Å². The maximum atomic E-state index is 13.6. The number of alkyl halides is 2. The summed E-state index contributed by atoms with van der Waals surface area (Å²) in [4.78, 5) is 29.5. The molecule has 0 radical (unpaired) electrons. The zero-order valence-electron chi connectivity index (χ0n) is 19.2. The van der Waals surface area contributed by atoms with Gasteiger partial charge in [0.2, 0.25) is 11.8 Å². The third-order valence-electron chi connectivity index (χ3n) is 7.28. The molecule has 2 heterocycles. The van der Waals surface area contributed by atoms with Crippen molar-refractivity contribution in [3.8, 4) is 0 Å². The topological polar surface area (TPSA) is 61.9 Å². The number of halogens is 3. The van der Waals surface area contributed by atoms with Crippen LogP contribution in [-0.4, -0.2) is 66.5 Å². The summed E-state index contributed by atoms with van der Waals surface area (Å²) in [6.07, 6.45) is 0.352. The first-order valence-electron chi connectivity index (χ1n) is 11.6. The average molecular weight is 468 g/mol. The SMILES string of the molecule is CC1(C)COCCN1C(=O)CN1CC2(CCC(C(=O)Nc3cc(F)cc(C(F)F)c3)CC2)C1. The molecule has 0 atom stereocenters. The summed E-state index contributed by atoms with van der Waals surface area (Å²) in [6.45, 7) is 7.87. The first kappa shape index (κ1) is 24.0. The van der Waals surface area contributed by atoms with E-state index in [0.29, 0.717) is 39.1 Å². The summed E-state index contributed by atoms with van der Waals surface area (Å²) in [5, 5.41) is 2.61. The normalized spacial score (nSPS) is 22.9. The number of morpholine rings is 1. The van der Waals surface area contributed by atoms with Crippen LogP contribution in [0.1, 0.15) is 51.5 Å². The second-order valence-corrected chi connectivity index (χ2v) is 10.4. The molecular formula is C24H32F3N3O3. The Balaban J connectivity index is 1.24. The highest BCUT2D eigenvalue weighted by atomic mass is 19.3. The molecule has 2 aliphatic heterocycles. The van der Waals surface area contributed by atoms with E-state index in [1.807, 2.05) is 18.7 Å². The van der Waals surface area contributed by atoms with Crippen LogP contribution >= 0.6 is 0 Å². The molecule has 2 saturated heterocycles. The smallest absolute Gasteiger partial charge is 0.264 e. The van der Waals surface area contributed by atoms with Gasteiger partial charge in [0.1, 0.15) is 5.82 Å². The number of rotatable bonds is 5. The van der Waals surface area contributed by atoms with Crippen LogP contribution in [0.3, 0.4) is 0 Å². The summed E-state index contributed by atoms with van der Waals surface area (Å²) in [6, 6.07) is 2.95. The molecular weight excluding hydrogens is 435 g/mol. The van der Waals surface area contributed by atoms with Crippen LogP contribution in [0, 0.1) is 17.2 Å². The van der Waals surface area contributed by atoms with E-state index in [9.17, 15) is 22.8 Å². The highest BCUT2D eigenvalue weighted by Gasteiger charge is 2.47. The Morgan fingerprint density at radius 3 is 2.52 bits per heavy atom. The third kappa shape index (κ3) is 5.35. The predicted molar refractivity (Wildman–Crippen MR) is 117 cm³/mol. The molecule has 9 heteroatoms. The summed E-state index contributed by atoms with van der Waals surface area (Å²) in [5.41, 5.74) is -0.534. The zero-order valence-corrected chi connectivity index (χ0v) is 19.2. The number of hydrogen-bond donors (Lipinski definition) is 1. The van der Waals surface area contributed by atoms with Gasteiger partial charge >= 0.3 is 0 Å². The number of carbonyl (C=O) groups is 2. The molecule has 182 valence electrons. The van der Waals surface area contributed by atoms with Crippen molar-refractivity contribution in [3.05, 3.63) is 29.6 Å². The number of anilines is 1. The van der Waals surface area contributed by atoms with E-state index in [-0.39, 0.29) is 34.4 Å². The number of likely N-dealkylation sites (tertiary alicyclic amines) is 1. The molecule has 3 fully saturated rings. The molecule has 1 spiro atoms. The van der Waals surface area contributed by atoms with E-state index in [0.717, 1.165) is 44.1 Å². The summed E-state index contributed by atoms with van der Waals surface area (Å²) >= 11 is 0. The molecule has 1 aromatic carbocycles. The first-order chi connectivity index (χ1) is 15.6. The predicted octanol–water partition coefficient (Wildman–Crippen LogP) is 3.83. The standard InChI is InChI=1S/C24H32F3N3O3/c1-23(2)15-33-8-7-30(23)20(31)12-29-13-24(14-29)5-3-16(4-6-24)22(32)28-19-10-17(21(26)27)9-18(25)11-19/h9-11,16,21H,3-8,12-15H2,1-2H3,(H,28,32). The monoisotopic (exact) mass is 467 g/mol. The van der Waals surface area contributed by atoms with Gasteiger partial charge in [0.15, 0.2) is 0 Å². The summed E-state index contributed by atoms with van der Waals surface area (Å²) in [5.74, 6) is -1.14. The lowest BCUT2D eigenvalue weighted by Crippen LogP contribution is -2.62. The lowest BCUT2D eigenvalue weighted by atomic mass is 9.65. The molecule has 4 rings (SSSR count). The van der Waals surface area contributed by atoms with Crippen molar-refractivity contribution in [1.29, 1.82) is 0 Å². The number of carbonyl (C=O) groups excluding carboxylic acids is 2. The lowest BCUT2D eigenvalue weighted by Gasteiger charge is -2.54. The Morgan fingerprint density at radius 2 is 1.88 bits per heavy atom. The second kappa shape index (κ2) is 9.25.